The van der Waals surface area contributed by atoms with Crippen molar-refractivity contribution in [1.82, 2.24) is 25.0 Å². The number of imide groups is 1. The number of carbonyl (C=O) groups is 3. The second kappa shape index (κ2) is 9.98. The van der Waals surface area contributed by atoms with Gasteiger partial charge in [0.25, 0.3) is 5.91 Å². The van der Waals surface area contributed by atoms with Gasteiger partial charge in [0.05, 0.1) is 0 Å². The molecule has 1 aromatic rings. The highest BCUT2D eigenvalue weighted by atomic mass is 16.2. The van der Waals surface area contributed by atoms with Gasteiger partial charge in [0.15, 0.2) is 0 Å². The van der Waals surface area contributed by atoms with Crippen LogP contribution >= 0.6 is 0 Å². The summed E-state index contributed by atoms with van der Waals surface area (Å²) in [5, 5.41) is 2.90. The molecule has 4 amide bonds. The zero-order valence-corrected chi connectivity index (χ0v) is 19.1. The van der Waals surface area contributed by atoms with Crippen molar-refractivity contribution in [3.8, 4) is 0 Å². The summed E-state index contributed by atoms with van der Waals surface area (Å²) in [6.45, 7) is 3.28. The third-order valence-electron chi connectivity index (χ3n) is 7.38. The Morgan fingerprint density at radius 2 is 1.94 bits per heavy atom. The van der Waals surface area contributed by atoms with Crippen molar-refractivity contribution in [2.24, 2.45) is 0 Å². The van der Waals surface area contributed by atoms with Crippen LogP contribution in [0.1, 0.15) is 57.1 Å². The van der Waals surface area contributed by atoms with E-state index in [0.717, 1.165) is 70.3 Å². The fraction of sp³-hybridized carbons (Fsp3) is 0.667. The molecular formula is C24H35N5O3. The standard InChI is InChI=1S/C24H35N5O3/c1-27(20-10-17-28(18-11-20)16-9-19-7-2-5-14-25-19)21(30)8-6-15-29-22(31)24(26-23(29)32)12-3-4-13-24/h2,5,7,14,20H,3-4,6,8-13,15-18H2,1H3,(H,26,32). The van der Waals surface area contributed by atoms with Crippen LogP contribution in [0.25, 0.3) is 0 Å². The summed E-state index contributed by atoms with van der Waals surface area (Å²) >= 11 is 0. The van der Waals surface area contributed by atoms with Crippen molar-refractivity contribution in [2.45, 2.75) is 69.4 Å². The first-order chi connectivity index (χ1) is 15.5. The van der Waals surface area contributed by atoms with Crippen LogP contribution in [0.5, 0.6) is 0 Å². The van der Waals surface area contributed by atoms with Gasteiger partial charge in [-0.2, -0.15) is 0 Å². The maximum atomic E-state index is 12.7. The molecule has 3 aliphatic rings. The molecule has 0 atom stereocenters. The number of carbonyl (C=O) groups excluding carboxylic acids is 3. The highest BCUT2D eigenvalue weighted by Crippen LogP contribution is 2.35. The van der Waals surface area contributed by atoms with E-state index in [-0.39, 0.29) is 23.9 Å². The Morgan fingerprint density at radius 3 is 2.62 bits per heavy atom. The quantitative estimate of drug-likeness (QED) is 0.625. The number of nitrogens with zero attached hydrogens (tertiary/aromatic N) is 4. The van der Waals surface area contributed by atoms with Gasteiger partial charge < -0.3 is 15.1 Å². The topological polar surface area (TPSA) is 85.8 Å². The fourth-order valence-corrected chi connectivity index (χ4v) is 5.31. The van der Waals surface area contributed by atoms with Gasteiger partial charge in [-0.3, -0.25) is 19.5 Å². The van der Waals surface area contributed by atoms with Crippen LogP contribution in [0, 0.1) is 0 Å². The average molecular weight is 442 g/mol. The van der Waals surface area contributed by atoms with Gasteiger partial charge in [0.2, 0.25) is 5.91 Å². The van der Waals surface area contributed by atoms with E-state index in [1.54, 1.807) is 0 Å². The molecule has 8 heteroatoms. The van der Waals surface area contributed by atoms with Crippen molar-refractivity contribution in [1.29, 1.82) is 0 Å². The molecule has 0 aromatic carbocycles. The first kappa shape index (κ1) is 22.7. The predicted molar refractivity (Wildman–Crippen MR) is 121 cm³/mol. The first-order valence-electron chi connectivity index (χ1n) is 12.0. The van der Waals surface area contributed by atoms with Gasteiger partial charge in [0, 0.05) is 64.0 Å². The normalized spacial score (nSPS) is 21.3. The lowest BCUT2D eigenvalue weighted by Crippen LogP contribution is -2.46. The van der Waals surface area contributed by atoms with E-state index in [1.165, 1.54) is 4.90 Å². The Kier molecular flexibility index (Phi) is 7.08. The number of urea groups is 1. The van der Waals surface area contributed by atoms with Crippen LogP contribution < -0.4 is 5.32 Å². The summed E-state index contributed by atoms with van der Waals surface area (Å²) in [6.07, 6.45) is 9.02. The Balaban J connectivity index is 1.16. The number of pyridine rings is 1. The third-order valence-corrected chi connectivity index (χ3v) is 7.38. The zero-order chi connectivity index (χ0) is 22.6. The molecule has 1 spiro atoms. The molecule has 0 bridgehead atoms. The van der Waals surface area contributed by atoms with E-state index in [4.69, 9.17) is 0 Å². The molecule has 4 rings (SSSR count). The van der Waals surface area contributed by atoms with Gasteiger partial charge in [-0.15, -0.1) is 0 Å². The number of rotatable bonds is 8. The van der Waals surface area contributed by atoms with E-state index >= 15 is 0 Å². The second-order valence-electron chi connectivity index (χ2n) is 9.43. The molecule has 32 heavy (non-hydrogen) atoms. The molecule has 1 N–H and O–H groups in total. The highest BCUT2D eigenvalue weighted by Gasteiger charge is 2.52. The molecule has 8 nitrogen and oxygen atoms in total. The third kappa shape index (κ3) is 4.95. The van der Waals surface area contributed by atoms with Gasteiger partial charge in [-0.25, -0.2) is 4.79 Å². The van der Waals surface area contributed by atoms with Gasteiger partial charge in [0.1, 0.15) is 5.54 Å². The number of amides is 4. The number of hydrogen-bond donors (Lipinski definition) is 1. The highest BCUT2D eigenvalue weighted by molar-refractivity contribution is 6.07. The lowest BCUT2D eigenvalue weighted by molar-refractivity contribution is -0.134. The summed E-state index contributed by atoms with van der Waals surface area (Å²) in [4.78, 5) is 47.7. The van der Waals surface area contributed by atoms with Crippen molar-refractivity contribution >= 4 is 17.8 Å². The summed E-state index contributed by atoms with van der Waals surface area (Å²) in [7, 11) is 1.89. The number of likely N-dealkylation sites (tertiary alicyclic amines) is 1. The smallest absolute Gasteiger partial charge is 0.325 e. The first-order valence-corrected chi connectivity index (χ1v) is 12.0. The zero-order valence-electron chi connectivity index (χ0n) is 19.1. The molecule has 2 saturated heterocycles. The lowest BCUT2D eigenvalue weighted by atomic mass is 9.98. The SMILES string of the molecule is CN(C(=O)CCCN1C(=O)NC2(CCCC2)C1=O)C1CCN(CCc2ccccn2)CC1. The minimum absolute atomic E-state index is 0.0968. The fourth-order valence-electron chi connectivity index (χ4n) is 5.31. The van der Waals surface area contributed by atoms with Crippen LogP contribution in [0.15, 0.2) is 24.4 Å². The second-order valence-corrected chi connectivity index (χ2v) is 9.43. The van der Waals surface area contributed by atoms with Crippen molar-refractivity contribution in [3.05, 3.63) is 30.1 Å². The van der Waals surface area contributed by atoms with Gasteiger partial charge >= 0.3 is 6.03 Å². The van der Waals surface area contributed by atoms with Crippen LogP contribution in [0.4, 0.5) is 4.79 Å². The molecule has 3 fully saturated rings. The minimum Gasteiger partial charge on any atom is -0.343 e. The number of piperidine rings is 1. The Bertz CT molecular complexity index is 816. The number of nitrogens with one attached hydrogen (secondary N) is 1. The molecule has 1 aliphatic carbocycles. The van der Waals surface area contributed by atoms with E-state index in [2.05, 4.69) is 21.3 Å². The van der Waals surface area contributed by atoms with Crippen LogP contribution in [-0.2, 0) is 16.0 Å². The van der Waals surface area contributed by atoms with Crippen LogP contribution in [0.2, 0.25) is 0 Å². The summed E-state index contributed by atoms with van der Waals surface area (Å²) in [6, 6.07) is 5.98. The molecule has 174 valence electrons. The summed E-state index contributed by atoms with van der Waals surface area (Å²) in [5.41, 5.74) is 0.452. The van der Waals surface area contributed by atoms with Gasteiger partial charge in [-0.05, 0) is 44.2 Å². The predicted octanol–water partition coefficient (Wildman–Crippen LogP) is 2.19. The molecule has 1 aromatic heterocycles. The average Bonchev–Trinajstić information content (AvgIpc) is 3.38. The molecule has 0 radical (unpaired) electrons. The molecule has 1 saturated carbocycles. The van der Waals surface area contributed by atoms with Crippen molar-refractivity contribution in [2.75, 3.05) is 33.2 Å². The largest absolute Gasteiger partial charge is 0.343 e. The van der Waals surface area contributed by atoms with Crippen LogP contribution in [-0.4, -0.2) is 82.3 Å². The molecule has 0 unspecified atom stereocenters. The van der Waals surface area contributed by atoms with E-state index in [1.807, 2.05) is 30.3 Å². The van der Waals surface area contributed by atoms with Crippen LogP contribution in [0.3, 0.4) is 0 Å². The van der Waals surface area contributed by atoms with E-state index in [9.17, 15) is 14.4 Å². The van der Waals surface area contributed by atoms with Gasteiger partial charge in [-0.1, -0.05) is 18.9 Å². The van der Waals surface area contributed by atoms with E-state index in [0.29, 0.717) is 19.4 Å². The minimum atomic E-state index is -0.664. The monoisotopic (exact) mass is 441 g/mol. The molecule has 2 aliphatic heterocycles. The number of aromatic nitrogens is 1. The maximum Gasteiger partial charge on any atom is 0.325 e. The maximum absolute atomic E-state index is 12.7. The Labute approximate surface area is 190 Å². The number of hydrogen-bond acceptors (Lipinski definition) is 5. The summed E-state index contributed by atoms with van der Waals surface area (Å²) in [5.74, 6) is -0.00144. The Hall–Kier alpha value is -2.48. The van der Waals surface area contributed by atoms with E-state index < -0.39 is 5.54 Å². The lowest BCUT2D eigenvalue weighted by Gasteiger charge is -2.36. The Morgan fingerprint density at radius 1 is 1.19 bits per heavy atom. The van der Waals surface area contributed by atoms with Crippen molar-refractivity contribution < 1.29 is 14.4 Å². The molecular weight excluding hydrogens is 406 g/mol. The van der Waals surface area contributed by atoms with Crippen molar-refractivity contribution in [3.63, 3.8) is 0 Å². The molecule has 3 heterocycles. The summed E-state index contributed by atoms with van der Waals surface area (Å²) < 4.78 is 0.